The van der Waals surface area contributed by atoms with Gasteiger partial charge in [-0.25, -0.2) is 0 Å². The number of aryl methyl sites for hydroxylation is 1. The van der Waals surface area contributed by atoms with Gasteiger partial charge in [-0.15, -0.1) is 0 Å². The van der Waals surface area contributed by atoms with Crippen LogP contribution in [0.3, 0.4) is 0 Å². The summed E-state index contributed by atoms with van der Waals surface area (Å²) >= 11 is 0. The molecular formula is C19H19N3O2. The Balaban J connectivity index is 1.91. The van der Waals surface area contributed by atoms with Crippen LogP contribution in [0.25, 0.3) is 0 Å². The van der Waals surface area contributed by atoms with Gasteiger partial charge in [0.2, 0.25) is 5.56 Å². The van der Waals surface area contributed by atoms with Gasteiger partial charge >= 0.3 is 0 Å². The summed E-state index contributed by atoms with van der Waals surface area (Å²) in [7, 11) is 0. The van der Waals surface area contributed by atoms with Crippen LogP contribution < -0.4 is 5.56 Å². The van der Waals surface area contributed by atoms with Crippen LogP contribution in [0.2, 0.25) is 0 Å². The van der Waals surface area contributed by atoms with Gasteiger partial charge in [-0.1, -0.05) is 30.3 Å². The van der Waals surface area contributed by atoms with Crippen LogP contribution in [-0.2, 0) is 0 Å². The molecule has 1 aliphatic rings. The molecule has 122 valence electrons. The van der Waals surface area contributed by atoms with E-state index in [-0.39, 0.29) is 23.4 Å². The molecule has 3 rings (SSSR count). The first-order valence-corrected chi connectivity index (χ1v) is 8.06. The van der Waals surface area contributed by atoms with E-state index in [1.165, 1.54) is 6.07 Å². The highest BCUT2D eigenvalue weighted by Gasteiger charge is 2.36. The minimum atomic E-state index is -0.360. The summed E-state index contributed by atoms with van der Waals surface area (Å²) in [6.07, 6.45) is 1.66. The lowest BCUT2D eigenvalue weighted by Gasteiger charge is -2.28. The smallest absolute Gasteiger partial charge is 0.254 e. The van der Waals surface area contributed by atoms with E-state index in [1.54, 1.807) is 17.9 Å². The third kappa shape index (κ3) is 3.09. The Bertz CT molecular complexity index is 836. The third-order valence-electron chi connectivity index (χ3n) is 4.47. The van der Waals surface area contributed by atoms with Crippen molar-refractivity contribution in [3.05, 3.63) is 69.6 Å². The number of nitrogens with one attached hydrogen (secondary N) is 1. The number of nitriles is 1. The van der Waals surface area contributed by atoms with E-state index in [0.29, 0.717) is 17.8 Å². The van der Waals surface area contributed by atoms with E-state index < -0.39 is 0 Å². The Kier molecular flexibility index (Phi) is 4.48. The van der Waals surface area contributed by atoms with Crippen LogP contribution in [-0.4, -0.2) is 28.4 Å². The second-order valence-electron chi connectivity index (χ2n) is 6.14. The number of benzene rings is 1. The van der Waals surface area contributed by atoms with Gasteiger partial charge in [0.05, 0.1) is 18.0 Å². The van der Waals surface area contributed by atoms with Gasteiger partial charge in [0.1, 0.15) is 0 Å². The molecule has 1 amide bonds. The minimum Gasteiger partial charge on any atom is -0.334 e. The fourth-order valence-electron chi connectivity index (χ4n) is 3.41. The van der Waals surface area contributed by atoms with Crippen LogP contribution in [0.1, 0.15) is 40.4 Å². The molecule has 1 saturated heterocycles. The minimum absolute atomic E-state index is 0.163. The SMILES string of the molecule is Cc1cc(C(=O)N2CCC[C@H]2[C@@H](C#N)c2ccccc2)cc(=O)[nH]1. The molecule has 1 fully saturated rings. The molecule has 2 aromatic rings. The molecule has 1 N–H and O–H groups in total. The van der Waals surface area contributed by atoms with Gasteiger partial charge in [-0.05, 0) is 31.4 Å². The topological polar surface area (TPSA) is 77.0 Å². The molecule has 0 unspecified atom stereocenters. The largest absolute Gasteiger partial charge is 0.334 e. The summed E-state index contributed by atoms with van der Waals surface area (Å²) in [5.74, 6) is -0.538. The zero-order valence-corrected chi connectivity index (χ0v) is 13.5. The van der Waals surface area contributed by atoms with Gasteiger partial charge < -0.3 is 9.88 Å². The second-order valence-corrected chi connectivity index (χ2v) is 6.14. The van der Waals surface area contributed by atoms with Crippen LogP contribution >= 0.6 is 0 Å². The number of rotatable bonds is 3. The first-order valence-electron chi connectivity index (χ1n) is 8.06. The van der Waals surface area contributed by atoms with E-state index in [0.717, 1.165) is 18.4 Å². The highest BCUT2D eigenvalue weighted by Crippen LogP contribution is 2.31. The first-order chi connectivity index (χ1) is 11.6. The summed E-state index contributed by atoms with van der Waals surface area (Å²) < 4.78 is 0. The molecule has 1 aliphatic heterocycles. The molecule has 1 aromatic heterocycles. The summed E-state index contributed by atoms with van der Waals surface area (Å²) in [6.45, 7) is 2.36. The Labute approximate surface area is 140 Å². The summed E-state index contributed by atoms with van der Waals surface area (Å²) in [6, 6.07) is 14.8. The summed E-state index contributed by atoms with van der Waals surface area (Å²) in [5, 5.41) is 9.66. The molecular weight excluding hydrogens is 302 g/mol. The number of carbonyl (C=O) groups excluding carboxylic acids is 1. The summed E-state index contributed by atoms with van der Waals surface area (Å²) in [4.78, 5) is 28.9. The van der Waals surface area contributed by atoms with Crippen molar-refractivity contribution < 1.29 is 4.79 Å². The average molecular weight is 321 g/mol. The lowest BCUT2D eigenvalue weighted by Crippen LogP contribution is -2.39. The van der Waals surface area contributed by atoms with Gasteiger partial charge in [-0.3, -0.25) is 9.59 Å². The van der Waals surface area contributed by atoms with E-state index in [2.05, 4.69) is 11.1 Å². The number of amides is 1. The predicted molar refractivity (Wildman–Crippen MR) is 90.7 cm³/mol. The number of carbonyl (C=O) groups is 1. The maximum atomic E-state index is 12.9. The van der Waals surface area contributed by atoms with Crippen molar-refractivity contribution in [2.24, 2.45) is 0 Å². The second kappa shape index (κ2) is 6.71. The standard InChI is InChI=1S/C19H19N3O2/c1-13-10-15(11-18(23)21-13)19(24)22-9-5-8-17(22)16(12-20)14-6-3-2-4-7-14/h2-4,6-7,10-11,16-17H,5,8-9H2,1H3,(H,21,23)/t16-,17-/m0/s1. The van der Waals surface area contributed by atoms with Crippen molar-refractivity contribution >= 4 is 5.91 Å². The molecule has 0 radical (unpaired) electrons. The van der Waals surface area contributed by atoms with Crippen molar-refractivity contribution in [3.63, 3.8) is 0 Å². The van der Waals surface area contributed by atoms with Gasteiger partial charge in [0.15, 0.2) is 0 Å². The van der Waals surface area contributed by atoms with Crippen LogP contribution in [0, 0.1) is 18.3 Å². The zero-order chi connectivity index (χ0) is 17.1. The quantitative estimate of drug-likeness (QED) is 0.944. The van der Waals surface area contributed by atoms with E-state index in [9.17, 15) is 14.9 Å². The number of hydrogen-bond donors (Lipinski definition) is 1. The van der Waals surface area contributed by atoms with Crippen molar-refractivity contribution in [1.29, 1.82) is 5.26 Å². The maximum Gasteiger partial charge on any atom is 0.254 e. The summed E-state index contributed by atoms with van der Waals surface area (Å²) in [5.41, 5.74) is 1.68. The highest BCUT2D eigenvalue weighted by molar-refractivity contribution is 5.94. The lowest BCUT2D eigenvalue weighted by atomic mass is 9.91. The van der Waals surface area contributed by atoms with Crippen molar-refractivity contribution in [2.75, 3.05) is 6.54 Å². The number of aromatic amines is 1. The van der Waals surface area contributed by atoms with Crippen molar-refractivity contribution in [2.45, 2.75) is 31.7 Å². The normalized spacial score (nSPS) is 18.2. The van der Waals surface area contributed by atoms with E-state index >= 15 is 0 Å². The van der Waals surface area contributed by atoms with Gasteiger partial charge in [-0.2, -0.15) is 5.26 Å². The van der Waals surface area contributed by atoms with Crippen molar-refractivity contribution in [3.8, 4) is 6.07 Å². The molecule has 1 aromatic carbocycles. The van der Waals surface area contributed by atoms with Crippen LogP contribution in [0.15, 0.2) is 47.3 Å². The van der Waals surface area contributed by atoms with Gasteiger partial charge in [0, 0.05) is 23.9 Å². The molecule has 24 heavy (non-hydrogen) atoms. The molecule has 2 heterocycles. The van der Waals surface area contributed by atoms with Gasteiger partial charge in [0.25, 0.3) is 5.91 Å². The fourth-order valence-corrected chi connectivity index (χ4v) is 3.41. The number of H-pyrrole nitrogens is 1. The van der Waals surface area contributed by atoms with E-state index in [4.69, 9.17) is 0 Å². The van der Waals surface area contributed by atoms with Crippen LogP contribution in [0.5, 0.6) is 0 Å². The van der Waals surface area contributed by atoms with Crippen LogP contribution in [0.4, 0.5) is 0 Å². The molecule has 0 spiro atoms. The zero-order valence-electron chi connectivity index (χ0n) is 13.5. The monoisotopic (exact) mass is 321 g/mol. The molecule has 0 bridgehead atoms. The number of aromatic nitrogens is 1. The average Bonchev–Trinajstić information content (AvgIpc) is 3.04. The Morgan fingerprint density at radius 2 is 2.08 bits per heavy atom. The number of likely N-dealkylation sites (tertiary alicyclic amines) is 1. The Morgan fingerprint density at radius 3 is 2.75 bits per heavy atom. The predicted octanol–water partition coefficient (Wildman–Crippen LogP) is 2.60. The van der Waals surface area contributed by atoms with E-state index in [1.807, 2.05) is 30.3 Å². The molecule has 5 nitrogen and oxygen atoms in total. The first kappa shape index (κ1) is 16.0. The molecule has 0 aliphatic carbocycles. The Morgan fingerprint density at radius 1 is 1.33 bits per heavy atom. The highest BCUT2D eigenvalue weighted by atomic mass is 16.2. The lowest BCUT2D eigenvalue weighted by molar-refractivity contribution is 0.0728. The maximum absolute atomic E-state index is 12.9. The Hall–Kier alpha value is -2.87. The molecule has 2 atom stereocenters. The number of pyridine rings is 1. The van der Waals surface area contributed by atoms with Crippen molar-refractivity contribution in [1.82, 2.24) is 9.88 Å². The molecule has 0 saturated carbocycles. The molecule has 5 heteroatoms. The fraction of sp³-hybridized carbons (Fsp3) is 0.316. The third-order valence-corrected chi connectivity index (χ3v) is 4.47. The number of hydrogen-bond acceptors (Lipinski definition) is 3. The number of nitrogens with zero attached hydrogens (tertiary/aromatic N) is 2.